The molecular weight excluding hydrogens is 392 g/mol. The van der Waals surface area contributed by atoms with Crippen molar-refractivity contribution in [2.45, 2.75) is 31.7 Å². The summed E-state index contributed by atoms with van der Waals surface area (Å²) < 4.78 is 0.928. The average Bonchev–Trinajstić information content (AvgIpc) is 3.26. The van der Waals surface area contributed by atoms with Gasteiger partial charge in [-0.3, -0.25) is 20.4 Å². The summed E-state index contributed by atoms with van der Waals surface area (Å²) >= 11 is 12.7. The van der Waals surface area contributed by atoms with Gasteiger partial charge in [0.25, 0.3) is 11.8 Å². The van der Waals surface area contributed by atoms with Crippen LogP contribution in [-0.4, -0.2) is 29.5 Å². The molecule has 0 aliphatic heterocycles. The molecule has 1 aromatic carbocycles. The van der Waals surface area contributed by atoms with Gasteiger partial charge < -0.3 is 10.6 Å². The number of benzene rings is 1. The van der Waals surface area contributed by atoms with Crippen molar-refractivity contribution in [2.75, 3.05) is 6.54 Å². The first kappa shape index (κ1) is 18.9. The van der Waals surface area contributed by atoms with Crippen LogP contribution in [0.1, 0.15) is 35.4 Å². The molecule has 1 heterocycles. The first-order valence-electron chi connectivity index (χ1n) is 8.35. The number of thiophene rings is 1. The van der Waals surface area contributed by atoms with E-state index in [9.17, 15) is 9.59 Å². The summed E-state index contributed by atoms with van der Waals surface area (Å²) in [6.07, 6.45) is 4.56. The van der Waals surface area contributed by atoms with E-state index in [-0.39, 0.29) is 12.5 Å². The van der Waals surface area contributed by atoms with Gasteiger partial charge in [-0.2, -0.15) is 0 Å². The fourth-order valence-corrected chi connectivity index (χ4v) is 4.51. The van der Waals surface area contributed by atoms with Gasteiger partial charge in [-0.1, -0.05) is 42.6 Å². The highest BCUT2D eigenvalue weighted by atomic mass is 35.5. The summed E-state index contributed by atoms with van der Waals surface area (Å²) in [4.78, 5) is 24.6. The Morgan fingerprint density at radius 1 is 1.19 bits per heavy atom. The van der Waals surface area contributed by atoms with Gasteiger partial charge in [0.15, 0.2) is 5.11 Å². The topological polar surface area (TPSA) is 82.3 Å². The second-order valence-corrected chi connectivity index (χ2v) is 7.89. The number of halogens is 1. The number of carbonyl (C=O) groups excluding carboxylic acids is 2. The predicted molar refractivity (Wildman–Crippen MR) is 108 cm³/mol. The third kappa shape index (κ3) is 4.63. The molecular formula is C17H19ClN4O2S2. The van der Waals surface area contributed by atoms with Crippen LogP contribution in [0.25, 0.3) is 10.1 Å². The first-order valence-corrected chi connectivity index (χ1v) is 9.95. The third-order valence-corrected chi connectivity index (χ3v) is 6.05. The molecule has 0 radical (unpaired) electrons. The molecule has 4 N–H and O–H groups in total. The Kier molecular flexibility index (Phi) is 6.29. The number of hydrazine groups is 1. The molecule has 0 atom stereocenters. The number of hydrogen-bond donors (Lipinski definition) is 4. The Morgan fingerprint density at radius 2 is 1.92 bits per heavy atom. The largest absolute Gasteiger partial charge is 0.359 e. The number of fused-ring (bicyclic) bond motifs is 1. The SMILES string of the molecule is O=C(CNC(=O)c1sc2ccccc2c1Cl)NNC(=S)NC1CCCC1. The van der Waals surface area contributed by atoms with Gasteiger partial charge in [-0.15, -0.1) is 11.3 Å². The summed E-state index contributed by atoms with van der Waals surface area (Å²) in [6, 6.07) is 7.88. The van der Waals surface area contributed by atoms with Crippen molar-refractivity contribution in [3.05, 3.63) is 34.2 Å². The van der Waals surface area contributed by atoms with E-state index in [4.69, 9.17) is 23.8 Å². The number of nitrogens with one attached hydrogen (secondary N) is 4. The Labute approximate surface area is 165 Å². The third-order valence-electron chi connectivity index (χ3n) is 4.16. The molecule has 1 fully saturated rings. The molecule has 26 heavy (non-hydrogen) atoms. The minimum Gasteiger partial charge on any atom is -0.359 e. The van der Waals surface area contributed by atoms with Crippen LogP contribution in [-0.2, 0) is 4.79 Å². The molecule has 0 saturated heterocycles. The fraction of sp³-hybridized carbons (Fsp3) is 0.353. The van der Waals surface area contributed by atoms with Gasteiger partial charge in [0.2, 0.25) is 0 Å². The molecule has 6 nitrogen and oxygen atoms in total. The average molecular weight is 411 g/mol. The number of amides is 2. The molecule has 0 unspecified atom stereocenters. The van der Waals surface area contributed by atoms with E-state index in [1.54, 1.807) is 0 Å². The molecule has 3 rings (SSSR count). The molecule has 2 amide bonds. The van der Waals surface area contributed by atoms with Crippen molar-refractivity contribution < 1.29 is 9.59 Å². The number of hydrogen-bond acceptors (Lipinski definition) is 4. The molecule has 1 saturated carbocycles. The van der Waals surface area contributed by atoms with E-state index >= 15 is 0 Å². The van der Waals surface area contributed by atoms with Crippen LogP contribution in [0, 0.1) is 0 Å². The Hall–Kier alpha value is -1.90. The molecule has 1 aromatic heterocycles. The van der Waals surface area contributed by atoms with Gasteiger partial charge in [-0.05, 0) is 31.1 Å². The smallest absolute Gasteiger partial charge is 0.263 e. The van der Waals surface area contributed by atoms with Crippen molar-refractivity contribution in [1.29, 1.82) is 0 Å². The Morgan fingerprint density at radius 3 is 2.65 bits per heavy atom. The summed E-state index contributed by atoms with van der Waals surface area (Å²) in [5, 5.41) is 7.34. The zero-order valence-corrected chi connectivity index (χ0v) is 16.3. The second kappa shape index (κ2) is 8.66. The van der Waals surface area contributed by atoms with E-state index in [1.165, 1.54) is 24.2 Å². The number of carbonyl (C=O) groups is 2. The van der Waals surface area contributed by atoms with E-state index in [1.807, 2.05) is 24.3 Å². The van der Waals surface area contributed by atoms with Crippen molar-refractivity contribution in [3.63, 3.8) is 0 Å². The van der Waals surface area contributed by atoms with Crippen LogP contribution < -0.4 is 21.5 Å². The molecule has 0 spiro atoms. The monoisotopic (exact) mass is 410 g/mol. The normalized spacial score (nSPS) is 14.2. The number of thiocarbonyl (C=S) groups is 1. The highest BCUT2D eigenvalue weighted by molar-refractivity contribution is 7.80. The summed E-state index contributed by atoms with van der Waals surface area (Å²) in [5.41, 5.74) is 5.12. The van der Waals surface area contributed by atoms with Gasteiger partial charge in [0.1, 0.15) is 4.88 Å². The highest BCUT2D eigenvalue weighted by Gasteiger charge is 2.18. The minimum atomic E-state index is -0.397. The predicted octanol–water partition coefficient (Wildman–Crippen LogP) is 2.72. The lowest BCUT2D eigenvalue weighted by molar-refractivity contribution is -0.120. The van der Waals surface area contributed by atoms with Crippen molar-refractivity contribution in [2.24, 2.45) is 0 Å². The van der Waals surface area contributed by atoms with Gasteiger partial charge in [0.05, 0.1) is 11.6 Å². The van der Waals surface area contributed by atoms with Gasteiger partial charge in [0, 0.05) is 16.1 Å². The van der Waals surface area contributed by atoms with Crippen LogP contribution in [0.4, 0.5) is 0 Å². The minimum absolute atomic E-state index is 0.178. The van der Waals surface area contributed by atoms with Gasteiger partial charge in [-0.25, -0.2) is 0 Å². The Bertz CT molecular complexity index is 833. The van der Waals surface area contributed by atoms with Crippen molar-refractivity contribution in [1.82, 2.24) is 21.5 Å². The molecule has 1 aliphatic rings. The summed E-state index contributed by atoms with van der Waals surface area (Å²) in [6.45, 7) is -0.178. The molecule has 9 heteroatoms. The first-order chi connectivity index (χ1) is 12.5. The zero-order chi connectivity index (χ0) is 18.5. The Balaban J connectivity index is 1.45. The standard InChI is InChI=1S/C17H19ClN4O2S2/c18-14-11-7-3-4-8-12(11)26-15(14)16(24)19-9-13(23)21-22-17(25)20-10-5-1-2-6-10/h3-4,7-8,10H,1-2,5-6,9H2,(H,19,24)(H,21,23)(H2,20,22,25). The van der Waals surface area contributed by atoms with Crippen LogP contribution in [0.3, 0.4) is 0 Å². The van der Waals surface area contributed by atoms with E-state index in [0.717, 1.165) is 22.9 Å². The van der Waals surface area contributed by atoms with Crippen LogP contribution in [0.15, 0.2) is 24.3 Å². The maximum absolute atomic E-state index is 12.3. The van der Waals surface area contributed by atoms with Crippen LogP contribution in [0.2, 0.25) is 5.02 Å². The van der Waals surface area contributed by atoms with Crippen LogP contribution in [0.5, 0.6) is 0 Å². The number of rotatable bonds is 4. The van der Waals surface area contributed by atoms with Crippen LogP contribution >= 0.6 is 35.2 Å². The van der Waals surface area contributed by atoms with Gasteiger partial charge >= 0.3 is 0 Å². The highest BCUT2D eigenvalue weighted by Crippen LogP contribution is 2.34. The molecule has 138 valence electrons. The lowest BCUT2D eigenvalue weighted by Gasteiger charge is -2.16. The summed E-state index contributed by atoms with van der Waals surface area (Å²) in [7, 11) is 0. The zero-order valence-electron chi connectivity index (χ0n) is 13.9. The quantitative estimate of drug-likeness (QED) is 0.460. The van der Waals surface area contributed by atoms with Crippen molar-refractivity contribution in [3.8, 4) is 0 Å². The fourth-order valence-electron chi connectivity index (χ4n) is 2.86. The lowest BCUT2D eigenvalue weighted by Crippen LogP contribution is -2.51. The molecule has 2 aromatic rings. The maximum Gasteiger partial charge on any atom is 0.263 e. The maximum atomic E-state index is 12.3. The lowest BCUT2D eigenvalue weighted by atomic mass is 10.2. The molecule has 1 aliphatic carbocycles. The second-order valence-electron chi connectivity index (χ2n) is 6.05. The van der Waals surface area contributed by atoms with E-state index < -0.39 is 5.91 Å². The molecule has 0 bridgehead atoms. The van der Waals surface area contributed by atoms with E-state index in [0.29, 0.717) is 21.1 Å². The summed E-state index contributed by atoms with van der Waals surface area (Å²) in [5.74, 6) is -0.774. The van der Waals surface area contributed by atoms with E-state index in [2.05, 4.69) is 21.5 Å². The van der Waals surface area contributed by atoms with Crippen molar-refractivity contribution >= 4 is 62.2 Å².